The molecule has 19 heavy (non-hydrogen) atoms. The number of aromatic nitrogens is 3. The Morgan fingerprint density at radius 2 is 1.84 bits per heavy atom. The second kappa shape index (κ2) is 4.71. The van der Waals surface area contributed by atoms with E-state index in [0.29, 0.717) is 5.56 Å². The first-order valence-electron chi connectivity index (χ1n) is 5.10. The molecular formula is C11H8F3N3O2. The van der Waals surface area contributed by atoms with Gasteiger partial charge in [-0.1, -0.05) is 12.1 Å². The molecule has 5 nitrogen and oxygen atoms in total. The average molecular weight is 271 g/mol. The van der Waals surface area contributed by atoms with Crippen molar-refractivity contribution in [1.82, 2.24) is 15.4 Å². The SMILES string of the molecule is COC(=O)c1n[nH]nc1-c1ccc(C(F)(F)F)cc1. The number of benzene rings is 1. The van der Waals surface area contributed by atoms with Crippen LogP contribution in [0.25, 0.3) is 11.3 Å². The minimum atomic E-state index is -4.41. The molecular weight excluding hydrogens is 263 g/mol. The third-order valence-electron chi connectivity index (χ3n) is 2.41. The van der Waals surface area contributed by atoms with Crippen molar-refractivity contribution in [2.75, 3.05) is 7.11 Å². The molecule has 0 spiro atoms. The van der Waals surface area contributed by atoms with Crippen molar-refractivity contribution in [2.24, 2.45) is 0 Å². The number of rotatable bonds is 2. The van der Waals surface area contributed by atoms with E-state index in [1.54, 1.807) is 0 Å². The molecule has 0 aliphatic heterocycles. The maximum absolute atomic E-state index is 12.4. The van der Waals surface area contributed by atoms with Crippen molar-refractivity contribution >= 4 is 5.97 Å². The van der Waals surface area contributed by atoms with E-state index >= 15 is 0 Å². The maximum atomic E-state index is 12.4. The number of nitrogens with one attached hydrogen (secondary N) is 1. The predicted molar refractivity (Wildman–Crippen MR) is 58.2 cm³/mol. The van der Waals surface area contributed by atoms with Crippen LogP contribution >= 0.6 is 0 Å². The largest absolute Gasteiger partial charge is 0.464 e. The Morgan fingerprint density at radius 3 is 2.37 bits per heavy atom. The molecule has 1 aromatic carbocycles. The molecule has 0 fully saturated rings. The molecule has 0 saturated heterocycles. The van der Waals surface area contributed by atoms with Gasteiger partial charge in [-0.05, 0) is 12.1 Å². The molecule has 2 rings (SSSR count). The highest BCUT2D eigenvalue weighted by molar-refractivity contribution is 5.93. The number of esters is 1. The van der Waals surface area contributed by atoms with Gasteiger partial charge in [-0.15, -0.1) is 5.10 Å². The Labute approximate surface area is 105 Å². The Balaban J connectivity index is 2.38. The number of aromatic amines is 1. The third kappa shape index (κ3) is 2.56. The van der Waals surface area contributed by atoms with E-state index in [2.05, 4.69) is 20.1 Å². The lowest BCUT2D eigenvalue weighted by Gasteiger charge is -2.06. The Bertz CT molecular complexity index is 590. The number of halogens is 3. The summed E-state index contributed by atoms with van der Waals surface area (Å²) in [5.41, 5.74) is -0.385. The summed E-state index contributed by atoms with van der Waals surface area (Å²) in [6, 6.07) is 4.25. The molecule has 2 aromatic rings. The lowest BCUT2D eigenvalue weighted by atomic mass is 10.1. The highest BCUT2D eigenvalue weighted by Crippen LogP contribution is 2.31. The van der Waals surface area contributed by atoms with Crippen LogP contribution in [0.1, 0.15) is 16.1 Å². The van der Waals surface area contributed by atoms with Crippen LogP contribution in [-0.4, -0.2) is 28.5 Å². The van der Waals surface area contributed by atoms with Gasteiger partial charge in [-0.25, -0.2) is 4.79 Å². The summed E-state index contributed by atoms with van der Waals surface area (Å²) in [5, 5.41) is 9.56. The quantitative estimate of drug-likeness (QED) is 0.851. The number of alkyl halides is 3. The lowest BCUT2D eigenvalue weighted by molar-refractivity contribution is -0.137. The van der Waals surface area contributed by atoms with E-state index in [-0.39, 0.29) is 11.4 Å². The minimum absolute atomic E-state index is 0.0812. The zero-order valence-electron chi connectivity index (χ0n) is 9.65. The van der Waals surface area contributed by atoms with Crippen LogP contribution in [0.5, 0.6) is 0 Å². The number of nitrogens with zero attached hydrogens (tertiary/aromatic N) is 2. The van der Waals surface area contributed by atoms with Gasteiger partial charge in [0.05, 0.1) is 12.7 Å². The average Bonchev–Trinajstić information content (AvgIpc) is 2.86. The molecule has 8 heteroatoms. The van der Waals surface area contributed by atoms with E-state index in [1.165, 1.54) is 19.2 Å². The first kappa shape index (κ1) is 13.1. The summed E-state index contributed by atoms with van der Waals surface area (Å²) in [5.74, 6) is -0.719. The van der Waals surface area contributed by atoms with Gasteiger partial charge in [0.1, 0.15) is 5.69 Å². The monoisotopic (exact) mass is 271 g/mol. The molecule has 0 amide bonds. The number of hydrogen-bond acceptors (Lipinski definition) is 4. The van der Waals surface area contributed by atoms with Gasteiger partial charge in [0.25, 0.3) is 0 Å². The van der Waals surface area contributed by atoms with Gasteiger partial charge >= 0.3 is 12.1 Å². The highest BCUT2D eigenvalue weighted by atomic mass is 19.4. The van der Waals surface area contributed by atoms with E-state index in [0.717, 1.165) is 12.1 Å². The predicted octanol–water partition coefficient (Wildman–Crippen LogP) is 2.28. The van der Waals surface area contributed by atoms with Gasteiger partial charge in [-0.2, -0.15) is 23.5 Å². The fourth-order valence-electron chi connectivity index (χ4n) is 1.49. The van der Waals surface area contributed by atoms with E-state index < -0.39 is 17.7 Å². The maximum Gasteiger partial charge on any atom is 0.416 e. The third-order valence-corrected chi connectivity index (χ3v) is 2.41. The van der Waals surface area contributed by atoms with Gasteiger partial charge < -0.3 is 4.74 Å². The Kier molecular flexibility index (Phi) is 3.24. The van der Waals surface area contributed by atoms with Crippen molar-refractivity contribution in [2.45, 2.75) is 6.18 Å². The summed E-state index contributed by atoms with van der Waals surface area (Å²) < 4.78 is 41.7. The van der Waals surface area contributed by atoms with Crippen LogP contribution < -0.4 is 0 Å². The van der Waals surface area contributed by atoms with Crippen LogP contribution in [0.3, 0.4) is 0 Å². The number of carbonyl (C=O) groups excluding carboxylic acids is 1. The fourth-order valence-corrected chi connectivity index (χ4v) is 1.49. The molecule has 1 heterocycles. The second-order valence-electron chi connectivity index (χ2n) is 3.59. The zero-order chi connectivity index (χ0) is 14.0. The summed E-state index contributed by atoms with van der Waals surface area (Å²) in [6.07, 6.45) is -4.41. The summed E-state index contributed by atoms with van der Waals surface area (Å²) in [4.78, 5) is 11.4. The van der Waals surface area contributed by atoms with Crippen LogP contribution in [0, 0.1) is 0 Å². The molecule has 1 N–H and O–H groups in total. The van der Waals surface area contributed by atoms with Crippen molar-refractivity contribution in [3.05, 3.63) is 35.5 Å². The van der Waals surface area contributed by atoms with Gasteiger partial charge in [0.15, 0.2) is 5.69 Å². The minimum Gasteiger partial charge on any atom is -0.464 e. The molecule has 0 saturated carbocycles. The van der Waals surface area contributed by atoms with Gasteiger partial charge in [-0.3, -0.25) is 0 Å². The zero-order valence-corrected chi connectivity index (χ0v) is 9.65. The number of methoxy groups -OCH3 is 1. The lowest BCUT2D eigenvalue weighted by Crippen LogP contribution is -2.05. The van der Waals surface area contributed by atoms with E-state index in [4.69, 9.17) is 0 Å². The summed E-state index contributed by atoms with van der Waals surface area (Å²) in [7, 11) is 1.17. The normalized spacial score (nSPS) is 11.4. The molecule has 0 aliphatic rings. The van der Waals surface area contributed by atoms with E-state index in [9.17, 15) is 18.0 Å². The van der Waals surface area contributed by atoms with Crippen molar-refractivity contribution in [3.8, 4) is 11.3 Å². The van der Waals surface area contributed by atoms with Crippen molar-refractivity contribution in [1.29, 1.82) is 0 Å². The fraction of sp³-hybridized carbons (Fsp3) is 0.182. The number of H-pyrrole nitrogens is 1. The van der Waals surface area contributed by atoms with Crippen molar-refractivity contribution < 1.29 is 22.7 Å². The molecule has 0 bridgehead atoms. The molecule has 1 aromatic heterocycles. The highest BCUT2D eigenvalue weighted by Gasteiger charge is 2.30. The molecule has 100 valence electrons. The number of carbonyl (C=O) groups is 1. The topological polar surface area (TPSA) is 67.9 Å². The second-order valence-corrected chi connectivity index (χ2v) is 3.59. The molecule has 0 atom stereocenters. The first-order chi connectivity index (χ1) is 8.93. The standard InChI is InChI=1S/C11H8F3N3O2/c1-19-10(18)9-8(15-17-16-9)6-2-4-7(5-3-6)11(12,13)14/h2-5H,1H3,(H,15,16,17). The molecule has 0 unspecified atom stereocenters. The summed E-state index contributed by atoms with van der Waals surface area (Å²) >= 11 is 0. The molecule has 0 radical (unpaired) electrons. The van der Waals surface area contributed by atoms with Crippen LogP contribution in [0.15, 0.2) is 24.3 Å². The van der Waals surface area contributed by atoms with Crippen LogP contribution in [-0.2, 0) is 10.9 Å². The Morgan fingerprint density at radius 1 is 1.21 bits per heavy atom. The first-order valence-corrected chi connectivity index (χ1v) is 5.10. The van der Waals surface area contributed by atoms with Gasteiger partial charge in [0, 0.05) is 5.56 Å². The van der Waals surface area contributed by atoms with Crippen molar-refractivity contribution in [3.63, 3.8) is 0 Å². The van der Waals surface area contributed by atoms with Gasteiger partial charge in [0.2, 0.25) is 0 Å². The Hall–Kier alpha value is -2.38. The molecule has 0 aliphatic carbocycles. The number of ether oxygens (including phenoxy) is 1. The number of hydrogen-bond donors (Lipinski definition) is 1. The van der Waals surface area contributed by atoms with E-state index in [1.807, 2.05) is 0 Å². The van der Waals surface area contributed by atoms with Crippen LogP contribution in [0.2, 0.25) is 0 Å². The summed E-state index contributed by atoms with van der Waals surface area (Å²) in [6.45, 7) is 0. The van der Waals surface area contributed by atoms with Crippen LogP contribution in [0.4, 0.5) is 13.2 Å². The smallest absolute Gasteiger partial charge is 0.416 e.